The summed E-state index contributed by atoms with van der Waals surface area (Å²) >= 11 is 0. The van der Waals surface area contributed by atoms with Gasteiger partial charge in [-0.05, 0) is 0 Å². The Morgan fingerprint density at radius 1 is 0.800 bits per heavy atom. The molecular formula is C3H14N4O7Si. The maximum atomic E-state index is 9.00. The van der Waals surface area contributed by atoms with Crippen molar-refractivity contribution in [1.29, 1.82) is 0 Å². The molecule has 0 saturated carbocycles. The highest BCUT2D eigenvalue weighted by atomic mass is 28.4. The van der Waals surface area contributed by atoms with E-state index in [0.29, 0.717) is 0 Å². The minimum absolute atomic E-state index is 0.833. The molecule has 0 spiro atoms. The molecule has 92 valence electrons. The van der Waals surface area contributed by atoms with Gasteiger partial charge in [0.1, 0.15) is 6.79 Å². The van der Waals surface area contributed by atoms with Gasteiger partial charge in [-0.1, -0.05) is 0 Å². The van der Waals surface area contributed by atoms with E-state index in [1.165, 1.54) is 0 Å². The van der Waals surface area contributed by atoms with Crippen LogP contribution in [-0.4, -0.2) is 47.1 Å². The molecule has 0 aromatic heterocycles. The largest absolute Gasteiger partial charge is 0.668 e. The van der Waals surface area contributed by atoms with Crippen LogP contribution < -0.4 is 22.9 Å². The van der Waals surface area contributed by atoms with Crippen molar-refractivity contribution in [3.63, 3.8) is 0 Å². The second-order valence-electron chi connectivity index (χ2n) is 1.40. The Morgan fingerprint density at radius 3 is 0.800 bits per heavy atom. The number of urea groups is 2. The van der Waals surface area contributed by atoms with E-state index in [1.807, 2.05) is 6.79 Å². The molecule has 0 atom stereocenters. The lowest BCUT2D eigenvalue weighted by Crippen LogP contribution is -2.33. The van der Waals surface area contributed by atoms with Crippen LogP contribution in [0.25, 0.3) is 0 Å². The minimum atomic E-state index is -4.61. The third-order valence-electron chi connectivity index (χ3n) is 0. The first-order valence-corrected chi connectivity index (χ1v) is 4.53. The van der Waals surface area contributed by atoms with Crippen LogP contribution in [0.3, 0.4) is 0 Å². The molecular weight excluding hydrogens is 232 g/mol. The predicted molar refractivity (Wildman–Crippen MR) is 49.3 cm³/mol. The SMILES string of the molecule is C=O.NC(N)=O.NC(N)=O.O[Si](O)(O)O. The molecule has 4 amide bonds. The fourth-order valence-corrected chi connectivity index (χ4v) is 0. The van der Waals surface area contributed by atoms with Gasteiger partial charge in [0.05, 0.1) is 0 Å². The molecule has 11 nitrogen and oxygen atoms in total. The van der Waals surface area contributed by atoms with Gasteiger partial charge in [0.15, 0.2) is 0 Å². The summed E-state index contributed by atoms with van der Waals surface area (Å²) in [7, 11) is -4.61. The highest BCUT2D eigenvalue weighted by molar-refractivity contribution is 6.46. The highest BCUT2D eigenvalue weighted by Crippen LogP contribution is 1.67. The van der Waals surface area contributed by atoms with Crippen molar-refractivity contribution in [3.05, 3.63) is 0 Å². The van der Waals surface area contributed by atoms with Gasteiger partial charge in [-0.3, -0.25) is 0 Å². The highest BCUT2D eigenvalue weighted by Gasteiger charge is 2.22. The molecule has 12 heteroatoms. The predicted octanol–water partition coefficient (Wildman–Crippen LogP) is -4.75. The van der Waals surface area contributed by atoms with Crippen molar-refractivity contribution < 1.29 is 33.6 Å². The minimum Gasteiger partial charge on any atom is -0.368 e. The van der Waals surface area contributed by atoms with Crippen LogP contribution in [0.5, 0.6) is 0 Å². The zero-order valence-electron chi connectivity index (χ0n) is 7.53. The van der Waals surface area contributed by atoms with Crippen molar-refractivity contribution in [1.82, 2.24) is 0 Å². The van der Waals surface area contributed by atoms with E-state index >= 15 is 0 Å². The third-order valence-corrected chi connectivity index (χ3v) is 0. The Kier molecular flexibility index (Phi) is 22.9. The Bertz CT molecular complexity index is 144. The second kappa shape index (κ2) is 14.8. The smallest absolute Gasteiger partial charge is 0.368 e. The molecule has 0 bridgehead atoms. The Balaban J connectivity index is -0.0000000562. The standard InChI is InChI=1S/2CH4N2O.CH2O.H4O4Si/c2*2-1(3)4;1-2;1-5(2,3)4/h2*(H4,2,3,4);1H2;1-4H. The first-order valence-electron chi connectivity index (χ1n) is 2.75. The summed E-state index contributed by atoms with van der Waals surface area (Å²) < 4.78 is 0. The maximum absolute atomic E-state index is 9.00. The van der Waals surface area contributed by atoms with Crippen LogP contribution >= 0.6 is 0 Å². The van der Waals surface area contributed by atoms with E-state index in [-0.39, 0.29) is 0 Å². The Hall–Kier alpha value is -1.73. The summed E-state index contributed by atoms with van der Waals surface area (Å²) in [6.45, 7) is 2.00. The van der Waals surface area contributed by atoms with Gasteiger partial charge in [-0.25, -0.2) is 9.59 Å². The number of hydrogen-bond donors (Lipinski definition) is 8. The summed E-state index contributed by atoms with van der Waals surface area (Å²) in [6, 6.07) is -1.67. The summed E-state index contributed by atoms with van der Waals surface area (Å²) in [5.74, 6) is 0. The molecule has 0 radical (unpaired) electrons. The molecule has 0 aliphatic heterocycles. The van der Waals surface area contributed by atoms with E-state index < -0.39 is 21.1 Å². The summed E-state index contributed by atoms with van der Waals surface area (Å²) in [5, 5.41) is 0. The Morgan fingerprint density at radius 2 is 0.800 bits per heavy atom. The average molecular weight is 246 g/mol. The molecule has 0 aromatic carbocycles. The fraction of sp³-hybridized carbons (Fsp3) is 0. The van der Waals surface area contributed by atoms with E-state index in [4.69, 9.17) is 33.6 Å². The number of amides is 4. The fourth-order valence-electron chi connectivity index (χ4n) is 0. The zero-order valence-corrected chi connectivity index (χ0v) is 8.53. The van der Waals surface area contributed by atoms with E-state index in [0.717, 1.165) is 0 Å². The monoisotopic (exact) mass is 246 g/mol. The Labute approximate surface area is 85.4 Å². The molecule has 0 saturated heterocycles. The molecule has 0 rings (SSSR count). The number of carbonyl (C=O) groups is 3. The van der Waals surface area contributed by atoms with Crippen molar-refractivity contribution in [2.75, 3.05) is 0 Å². The molecule has 15 heavy (non-hydrogen) atoms. The number of primary amides is 4. The van der Waals surface area contributed by atoms with Crippen LogP contribution in [0, 0.1) is 0 Å². The van der Waals surface area contributed by atoms with Gasteiger partial charge in [0, 0.05) is 0 Å². The zero-order chi connectivity index (χ0) is 13.7. The molecule has 0 aliphatic carbocycles. The van der Waals surface area contributed by atoms with Gasteiger partial charge in [-0.15, -0.1) is 0 Å². The molecule has 0 aromatic rings. The van der Waals surface area contributed by atoms with Crippen LogP contribution in [0.2, 0.25) is 0 Å². The van der Waals surface area contributed by atoms with Crippen LogP contribution in [0.15, 0.2) is 0 Å². The maximum Gasteiger partial charge on any atom is 0.668 e. The van der Waals surface area contributed by atoms with Crippen LogP contribution in [0.1, 0.15) is 0 Å². The molecule has 0 unspecified atom stereocenters. The van der Waals surface area contributed by atoms with E-state index in [2.05, 4.69) is 22.9 Å². The topological polar surface area (TPSA) is 236 Å². The first kappa shape index (κ1) is 23.2. The van der Waals surface area contributed by atoms with E-state index in [1.54, 1.807) is 0 Å². The molecule has 0 fully saturated rings. The summed E-state index contributed by atoms with van der Waals surface area (Å²) in [4.78, 5) is 55.3. The molecule has 12 N–H and O–H groups in total. The van der Waals surface area contributed by atoms with Gasteiger partial charge in [0.25, 0.3) is 0 Å². The van der Waals surface area contributed by atoms with Gasteiger partial charge in [-0.2, -0.15) is 0 Å². The van der Waals surface area contributed by atoms with Crippen molar-refractivity contribution in [3.8, 4) is 0 Å². The van der Waals surface area contributed by atoms with Gasteiger partial charge >= 0.3 is 21.1 Å². The van der Waals surface area contributed by atoms with Crippen LogP contribution in [0.4, 0.5) is 9.59 Å². The number of carbonyl (C=O) groups excluding carboxylic acids is 3. The summed E-state index contributed by atoms with van der Waals surface area (Å²) in [6.07, 6.45) is 0. The van der Waals surface area contributed by atoms with Gasteiger partial charge in [0.2, 0.25) is 0 Å². The lowest BCUT2D eigenvalue weighted by Gasteiger charge is -1.91. The van der Waals surface area contributed by atoms with Crippen molar-refractivity contribution >= 4 is 27.9 Å². The average Bonchev–Trinajstić information content (AvgIpc) is 1.83. The number of hydrogen-bond acceptors (Lipinski definition) is 7. The first-order chi connectivity index (χ1) is 6.46. The van der Waals surface area contributed by atoms with Crippen molar-refractivity contribution in [2.24, 2.45) is 22.9 Å². The lowest BCUT2D eigenvalue weighted by molar-refractivity contribution is -0.0980. The number of nitrogens with two attached hydrogens (primary N) is 4. The van der Waals surface area contributed by atoms with E-state index in [9.17, 15) is 0 Å². The normalized spacial score (nSPS) is 7.47. The molecule has 0 aliphatic rings. The third kappa shape index (κ3) is 430. The summed E-state index contributed by atoms with van der Waals surface area (Å²) in [5.41, 5.74) is 17.0. The lowest BCUT2D eigenvalue weighted by atomic mass is 11.2. The quantitative estimate of drug-likeness (QED) is 0.194. The molecule has 0 heterocycles. The number of rotatable bonds is 0. The second-order valence-corrected chi connectivity index (χ2v) is 2.60. The van der Waals surface area contributed by atoms with Crippen LogP contribution in [-0.2, 0) is 4.79 Å². The van der Waals surface area contributed by atoms with Crippen molar-refractivity contribution in [2.45, 2.75) is 0 Å². The van der Waals surface area contributed by atoms with Gasteiger partial charge < -0.3 is 46.9 Å².